The Kier molecular flexibility index (Phi) is 9.82. The van der Waals surface area contributed by atoms with Gasteiger partial charge in [-0.15, -0.1) is 0 Å². The van der Waals surface area contributed by atoms with Crippen molar-refractivity contribution in [1.82, 2.24) is 24.8 Å². The number of ether oxygens (including phenoxy) is 3. The van der Waals surface area contributed by atoms with Gasteiger partial charge in [-0.3, -0.25) is 19.1 Å². The van der Waals surface area contributed by atoms with Gasteiger partial charge >= 0.3 is 0 Å². The third-order valence-electron chi connectivity index (χ3n) is 8.11. The van der Waals surface area contributed by atoms with Crippen LogP contribution in [0.15, 0.2) is 53.6 Å². The number of pyridine rings is 1. The topological polar surface area (TPSA) is 120 Å². The normalized spacial score (nSPS) is 16.4. The molecule has 1 amide bonds. The van der Waals surface area contributed by atoms with Crippen molar-refractivity contribution in [3.63, 3.8) is 0 Å². The minimum atomic E-state index is -0.646. The Bertz CT molecular complexity index is 1740. The largest absolute Gasteiger partial charge is 0.493 e. The molecule has 2 N–H and O–H groups in total. The van der Waals surface area contributed by atoms with Crippen molar-refractivity contribution in [2.75, 3.05) is 46.7 Å². The zero-order chi connectivity index (χ0) is 32.1. The number of fused-ring (bicyclic) bond motifs is 1. The number of hydrogen-bond acceptors (Lipinski definition) is 9. The van der Waals surface area contributed by atoms with Gasteiger partial charge in [-0.2, -0.15) is 0 Å². The number of nitrogens with zero attached hydrogens (tertiary/aromatic N) is 4. The maximum Gasteiger partial charge on any atom is 0.262 e. The van der Waals surface area contributed by atoms with Crippen LogP contribution in [0.5, 0.6) is 23.0 Å². The summed E-state index contributed by atoms with van der Waals surface area (Å²) in [7, 11) is 8.60. The Morgan fingerprint density at radius 3 is 2.51 bits per heavy atom. The Morgan fingerprint density at radius 2 is 1.78 bits per heavy atom. The number of carbonyl (C=O) groups is 1. The van der Waals surface area contributed by atoms with Gasteiger partial charge in [-0.05, 0) is 56.8 Å². The standard InChI is InChI=1S/C33H39FN6O5/c1-39(2)15-14-36-31(41)21-8-6-7-9-25(21)38-33-37-19-23(32(42)40(33)3)20-10-11-28(24(34)16-20)45-27-12-13-35-26-18-30(44-5)29(43-4)17-22(26)27/h10-13,16-19,21,25H,6-9,14-15H2,1-5H3,(H,36,41)(H,37,38)/t21-,25+/m0/s1. The van der Waals surface area contributed by atoms with Crippen LogP contribution in [0.25, 0.3) is 22.0 Å². The van der Waals surface area contributed by atoms with Crippen molar-refractivity contribution in [3.05, 3.63) is 65.0 Å². The van der Waals surface area contributed by atoms with E-state index in [9.17, 15) is 9.59 Å². The second-order valence-electron chi connectivity index (χ2n) is 11.4. The Labute approximate surface area is 261 Å². The molecule has 0 unspecified atom stereocenters. The number of anilines is 1. The number of hydrogen-bond donors (Lipinski definition) is 2. The first-order valence-corrected chi connectivity index (χ1v) is 14.9. The first-order valence-electron chi connectivity index (χ1n) is 14.9. The second-order valence-corrected chi connectivity index (χ2v) is 11.4. The molecule has 1 saturated carbocycles. The average Bonchev–Trinajstić information content (AvgIpc) is 3.03. The molecule has 0 spiro atoms. The maximum absolute atomic E-state index is 15.4. The zero-order valence-corrected chi connectivity index (χ0v) is 26.2. The molecule has 12 heteroatoms. The van der Waals surface area contributed by atoms with E-state index in [0.29, 0.717) is 46.2 Å². The molecule has 45 heavy (non-hydrogen) atoms. The number of aromatic nitrogens is 3. The summed E-state index contributed by atoms with van der Waals surface area (Å²) in [6, 6.07) is 9.27. The van der Waals surface area contributed by atoms with E-state index in [1.54, 1.807) is 37.5 Å². The molecule has 0 saturated heterocycles. The molecule has 0 radical (unpaired) electrons. The van der Waals surface area contributed by atoms with Crippen LogP contribution in [0.1, 0.15) is 25.7 Å². The van der Waals surface area contributed by atoms with E-state index < -0.39 is 5.82 Å². The Balaban J connectivity index is 1.34. The molecular formula is C33H39FN6O5. The lowest BCUT2D eigenvalue weighted by Gasteiger charge is -2.32. The summed E-state index contributed by atoms with van der Waals surface area (Å²) >= 11 is 0. The number of rotatable bonds is 11. The number of amides is 1. The van der Waals surface area contributed by atoms with Crippen LogP contribution in [0.3, 0.4) is 0 Å². The number of likely N-dealkylation sites (N-methyl/N-ethyl adjacent to an activating group) is 1. The highest BCUT2D eigenvalue weighted by molar-refractivity contribution is 5.88. The van der Waals surface area contributed by atoms with Gasteiger partial charge in [-0.1, -0.05) is 18.9 Å². The summed E-state index contributed by atoms with van der Waals surface area (Å²) in [5.41, 5.74) is 0.849. The van der Waals surface area contributed by atoms with Gasteiger partial charge in [-0.25, -0.2) is 9.37 Å². The molecule has 2 aromatic carbocycles. The minimum Gasteiger partial charge on any atom is -0.493 e. The van der Waals surface area contributed by atoms with Gasteiger partial charge < -0.3 is 29.7 Å². The summed E-state index contributed by atoms with van der Waals surface area (Å²) in [6.07, 6.45) is 6.51. The average molecular weight is 619 g/mol. The highest BCUT2D eigenvalue weighted by Gasteiger charge is 2.31. The van der Waals surface area contributed by atoms with Crippen LogP contribution in [0.2, 0.25) is 0 Å². The third-order valence-corrected chi connectivity index (χ3v) is 8.11. The molecule has 2 aromatic heterocycles. The Hall–Kier alpha value is -4.71. The summed E-state index contributed by atoms with van der Waals surface area (Å²) in [5, 5.41) is 6.99. The van der Waals surface area contributed by atoms with E-state index in [1.165, 1.54) is 37.1 Å². The first-order chi connectivity index (χ1) is 21.7. The van der Waals surface area contributed by atoms with Gasteiger partial charge in [0.05, 0.1) is 31.2 Å². The number of benzene rings is 2. The van der Waals surface area contributed by atoms with Crippen LogP contribution >= 0.6 is 0 Å². The summed E-state index contributed by atoms with van der Waals surface area (Å²) in [6.45, 7) is 1.33. The van der Waals surface area contributed by atoms with Crippen LogP contribution in [0, 0.1) is 11.7 Å². The van der Waals surface area contributed by atoms with E-state index in [-0.39, 0.29) is 34.7 Å². The smallest absolute Gasteiger partial charge is 0.262 e. The molecular weight excluding hydrogens is 579 g/mol. The predicted octanol–water partition coefficient (Wildman–Crippen LogP) is 4.59. The number of halogens is 1. The fraction of sp³-hybridized carbons (Fsp3) is 0.394. The van der Waals surface area contributed by atoms with Gasteiger partial charge in [0.1, 0.15) is 5.75 Å². The fourth-order valence-electron chi connectivity index (χ4n) is 5.60. The molecule has 1 aliphatic rings. The van der Waals surface area contributed by atoms with Crippen molar-refractivity contribution < 1.29 is 23.4 Å². The van der Waals surface area contributed by atoms with E-state index in [2.05, 4.69) is 20.6 Å². The first kappa shape index (κ1) is 31.7. The molecule has 238 valence electrons. The van der Waals surface area contributed by atoms with E-state index in [1.807, 2.05) is 19.0 Å². The quantitative estimate of drug-likeness (QED) is 0.249. The molecule has 0 aliphatic heterocycles. The summed E-state index contributed by atoms with van der Waals surface area (Å²) < 4.78 is 33.5. The molecule has 1 fully saturated rings. The van der Waals surface area contributed by atoms with Crippen LogP contribution in [-0.4, -0.2) is 72.8 Å². The predicted molar refractivity (Wildman–Crippen MR) is 171 cm³/mol. The van der Waals surface area contributed by atoms with E-state index >= 15 is 4.39 Å². The van der Waals surface area contributed by atoms with Gasteiger partial charge in [0, 0.05) is 50.0 Å². The van der Waals surface area contributed by atoms with E-state index in [4.69, 9.17) is 14.2 Å². The van der Waals surface area contributed by atoms with Crippen LogP contribution in [0.4, 0.5) is 10.3 Å². The monoisotopic (exact) mass is 618 g/mol. The lowest BCUT2D eigenvalue weighted by Crippen LogP contribution is -2.45. The molecule has 11 nitrogen and oxygen atoms in total. The van der Waals surface area contributed by atoms with Crippen molar-refractivity contribution in [2.45, 2.75) is 31.7 Å². The lowest BCUT2D eigenvalue weighted by atomic mass is 9.84. The lowest BCUT2D eigenvalue weighted by molar-refractivity contribution is -0.126. The molecule has 0 bridgehead atoms. The minimum absolute atomic E-state index is 0.00656. The van der Waals surface area contributed by atoms with Gasteiger partial charge in [0.15, 0.2) is 23.1 Å². The zero-order valence-electron chi connectivity index (χ0n) is 26.2. The highest BCUT2D eigenvalue weighted by Crippen LogP contribution is 2.38. The van der Waals surface area contributed by atoms with Crippen LogP contribution < -0.4 is 30.4 Å². The maximum atomic E-state index is 15.4. The number of methoxy groups -OCH3 is 2. The molecule has 4 aromatic rings. The van der Waals surface area contributed by atoms with Crippen molar-refractivity contribution in [1.29, 1.82) is 0 Å². The van der Waals surface area contributed by atoms with Crippen molar-refractivity contribution in [2.24, 2.45) is 13.0 Å². The molecule has 1 aliphatic carbocycles. The van der Waals surface area contributed by atoms with Gasteiger partial charge in [0.25, 0.3) is 5.56 Å². The summed E-state index contributed by atoms with van der Waals surface area (Å²) in [5.74, 6) is 0.867. The summed E-state index contributed by atoms with van der Waals surface area (Å²) in [4.78, 5) is 37.2. The van der Waals surface area contributed by atoms with Crippen LogP contribution in [-0.2, 0) is 11.8 Å². The molecule has 2 heterocycles. The van der Waals surface area contributed by atoms with Crippen molar-refractivity contribution in [3.8, 4) is 34.1 Å². The second kappa shape index (κ2) is 13.9. The number of carbonyl (C=O) groups excluding carboxylic acids is 1. The SMILES string of the molecule is COc1cc2nccc(Oc3ccc(-c4cnc(N[C@@H]5CCCC[C@@H]5C(=O)NCCN(C)C)n(C)c4=O)cc3F)c2cc1OC. The fourth-order valence-corrected chi connectivity index (χ4v) is 5.60. The third kappa shape index (κ3) is 7.01. The van der Waals surface area contributed by atoms with E-state index in [0.717, 1.165) is 32.2 Å². The molecule has 5 rings (SSSR count). The number of nitrogens with one attached hydrogen (secondary N) is 2. The van der Waals surface area contributed by atoms with Crippen molar-refractivity contribution >= 4 is 22.8 Å². The molecule has 2 atom stereocenters. The van der Waals surface area contributed by atoms with Gasteiger partial charge in [0.2, 0.25) is 11.9 Å². The highest BCUT2D eigenvalue weighted by atomic mass is 19.1. The Morgan fingerprint density at radius 1 is 1.02 bits per heavy atom.